The smallest absolute Gasteiger partial charge is 0.336 e. The number of para-hydroxylation sites is 1. The van der Waals surface area contributed by atoms with Crippen LogP contribution in [0.25, 0.3) is 22.3 Å². The molecule has 168 valence electrons. The third-order valence-electron chi connectivity index (χ3n) is 5.73. The van der Waals surface area contributed by atoms with E-state index in [4.69, 9.17) is 13.9 Å². The van der Waals surface area contributed by atoms with E-state index in [0.29, 0.717) is 50.4 Å². The van der Waals surface area contributed by atoms with Gasteiger partial charge < -0.3 is 19.2 Å². The number of hydrogen-bond acceptors (Lipinski definition) is 7. The Labute approximate surface area is 190 Å². The van der Waals surface area contributed by atoms with Gasteiger partial charge in [0.15, 0.2) is 5.43 Å². The summed E-state index contributed by atoms with van der Waals surface area (Å²) >= 11 is 0. The molecule has 2 heterocycles. The maximum absolute atomic E-state index is 12.6. The van der Waals surface area contributed by atoms with E-state index >= 15 is 0 Å². The number of carbonyl (C=O) groups is 2. The zero-order valence-corrected chi connectivity index (χ0v) is 18.7. The summed E-state index contributed by atoms with van der Waals surface area (Å²) in [4.78, 5) is 37.7. The van der Waals surface area contributed by atoms with Crippen molar-refractivity contribution < 1.29 is 23.5 Å². The number of allylic oxidation sites excluding steroid dienone is 2. The predicted octanol–water partition coefficient (Wildman–Crippen LogP) is 4.04. The summed E-state index contributed by atoms with van der Waals surface area (Å²) < 4.78 is 15.9. The predicted molar refractivity (Wildman–Crippen MR) is 123 cm³/mol. The lowest BCUT2D eigenvalue weighted by molar-refractivity contribution is -0.137. The third-order valence-corrected chi connectivity index (χ3v) is 5.73. The molecule has 7 nitrogen and oxygen atoms in total. The molecular weight excluding hydrogens is 422 g/mol. The van der Waals surface area contributed by atoms with E-state index in [1.807, 2.05) is 0 Å². The minimum atomic E-state index is -0.677. The van der Waals surface area contributed by atoms with Gasteiger partial charge >= 0.3 is 11.9 Å². The fraction of sp³-hybridized carbons (Fsp3) is 0.192. The number of esters is 2. The molecule has 0 saturated heterocycles. The zero-order chi connectivity index (χ0) is 23.7. The molecule has 33 heavy (non-hydrogen) atoms. The molecule has 0 saturated carbocycles. The number of fused-ring (bicyclic) bond motifs is 1. The van der Waals surface area contributed by atoms with Crippen LogP contribution in [0, 0.1) is 0 Å². The summed E-state index contributed by atoms with van der Waals surface area (Å²) in [6, 6.07) is 15.7. The molecule has 2 aromatic carbocycles. The molecule has 0 bridgehead atoms. The van der Waals surface area contributed by atoms with E-state index in [1.54, 1.807) is 62.4 Å². The van der Waals surface area contributed by atoms with Crippen molar-refractivity contribution in [3.63, 3.8) is 0 Å². The van der Waals surface area contributed by atoms with Gasteiger partial charge in [0, 0.05) is 23.0 Å². The van der Waals surface area contributed by atoms with Crippen molar-refractivity contribution in [1.29, 1.82) is 0 Å². The average molecular weight is 445 g/mol. The van der Waals surface area contributed by atoms with E-state index in [-0.39, 0.29) is 5.43 Å². The molecule has 1 aromatic heterocycles. The van der Waals surface area contributed by atoms with Crippen LogP contribution in [-0.2, 0) is 19.1 Å². The second-order valence-corrected chi connectivity index (χ2v) is 7.71. The normalized spacial score (nSPS) is 14.3. The van der Waals surface area contributed by atoms with Crippen LogP contribution in [-0.4, -0.2) is 26.2 Å². The van der Waals surface area contributed by atoms with Crippen molar-refractivity contribution in [2.45, 2.75) is 19.8 Å². The Bertz CT molecular complexity index is 1340. The van der Waals surface area contributed by atoms with Gasteiger partial charge in [0.25, 0.3) is 0 Å². The number of carbonyl (C=O) groups excluding carboxylic acids is 2. The van der Waals surface area contributed by atoms with Crippen LogP contribution >= 0.6 is 0 Å². The van der Waals surface area contributed by atoms with Crippen LogP contribution in [0.15, 0.2) is 86.3 Å². The first-order valence-corrected chi connectivity index (χ1v) is 10.3. The summed E-state index contributed by atoms with van der Waals surface area (Å²) in [5.74, 6) is -1.33. The average Bonchev–Trinajstić information content (AvgIpc) is 2.82. The lowest BCUT2D eigenvalue weighted by atomic mass is 9.80. The summed E-state index contributed by atoms with van der Waals surface area (Å²) in [7, 11) is 2.60. The number of methoxy groups -OCH3 is 2. The topological polar surface area (TPSA) is 94.8 Å². The Morgan fingerprint density at radius 3 is 2.03 bits per heavy atom. The lowest BCUT2D eigenvalue weighted by Crippen LogP contribution is -2.32. The number of hydrogen-bond donors (Lipinski definition) is 1. The van der Waals surface area contributed by atoms with Gasteiger partial charge in [0.2, 0.25) is 0 Å². The first kappa shape index (κ1) is 22.1. The standard InChI is InChI=1S/C26H23NO6/c1-14-22(25(29)31-3)24(23(15(2)27-14)26(30)32-4)17-11-9-16(10-12-17)21-13-19(28)18-7-5-6-8-20(18)33-21/h5-13,24,27H,1-4H3. The molecule has 0 fully saturated rings. The molecule has 0 aliphatic carbocycles. The third kappa shape index (κ3) is 3.93. The quantitative estimate of drug-likeness (QED) is 0.606. The van der Waals surface area contributed by atoms with Gasteiger partial charge in [-0.25, -0.2) is 9.59 Å². The number of nitrogens with one attached hydrogen (secondary N) is 1. The molecule has 3 aromatic rings. The molecule has 0 spiro atoms. The second-order valence-electron chi connectivity index (χ2n) is 7.71. The van der Waals surface area contributed by atoms with Crippen molar-refractivity contribution in [3.05, 3.63) is 92.9 Å². The van der Waals surface area contributed by atoms with Gasteiger partial charge in [-0.1, -0.05) is 36.4 Å². The van der Waals surface area contributed by atoms with Crippen LogP contribution < -0.4 is 10.7 Å². The second kappa shape index (κ2) is 8.78. The fourth-order valence-electron chi connectivity index (χ4n) is 4.17. The Kier molecular flexibility index (Phi) is 5.87. The molecule has 1 aliphatic heterocycles. The molecule has 4 rings (SSSR count). The fourth-order valence-corrected chi connectivity index (χ4v) is 4.17. The summed E-state index contributed by atoms with van der Waals surface area (Å²) in [5.41, 5.74) is 3.61. The monoisotopic (exact) mass is 445 g/mol. The molecule has 0 radical (unpaired) electrons. The van der Waals surface area contributed by atoms with Crippen LogP contribution in [0.1, 0.15) is 25.3 Å². The molecule has 0 atom stereocenters. The number of rotatable bonds is 4. The van der Waals surface area contributed by atoms with Crippen molar-refractivity contribution >= 4 is 22.9 Å². The van der Waals surface area contributed by atoms with E-state index in [9.17, 15) is 14.4 Å². The number of benzene rings is 2. The SMILES string of the molecule is COC(=O)C1=C(C)NC(C)=C(C(=O)OC)C1c1ccc(-c2cc(=O)c3ccccc3o2)cc1. The minimum Gasteiger partial charge on any atom is -0.466 e. The highest BCUT2D eigenvalue weighted by molar-refractivity contribution is 5.99. The number of ether oxygens (including phenoxy) is 2. The largest absolute Gasteiger partial charge is 0.466 e. The molecular formula is C26H23NO6. The van der Waals surface area contributed by atoms with Gasteiger partial charge in [0.1, 0.15) is 11.3 Å². The van der Waals surface area contributed by atoms with Gasteiger partial charge in [-0.3, -0.25) is 4.79 Å². The Morgan fingerprint density at radius 2 is 1.45 bits per heavy atom. The van der Waals surface area contributed by atoms with E-state index < -0.39 is 17.9 Å². The van der Waals surface area contributed by atoms with Gasteiger partial charge in [-0.2, -0.15) is 0 Å². The summed E-state index contributed by atoms with van der Waals surface area (Å²) in [6.45, 7) is 3.52. The minimum absolute atomic E-state index is 0.132. The van der Waals surface area contributed by atoms with Gasteiger partial charge in [-0.15, -0.1) is 0 Å². The molecule has 1 aliphatic rings. The maximum atomic E-state index is 12.6. The van der Waals surface area contributed by atoms with Crippen molar-refractivity contribution in [3.8, 4) is 11.3 Å². The lowest BCUT2D eigenvalue weighted by Gasteiger charge is -2.30. The highest BCUT2D eigenvalue weighted by Crippen LogP contribution is 2.39. The van der Waals surface area contributed by atoms with Crippen LogP contribution in [0.4, 0.5) is 0 Å². The first-order chi connectivity index (χ1) is 15.8. The van der Waals surface area contributed by atoms with Gasteiger partial charge in [-0.05, 0) is 31.5 Å². The molecule has 7 heteroatoms. The summed E-state index contributed by atoms with van der Waals surface area (Å²) in [5, 5.41) is 3.59. The molecule has 0 amide bonds. The Balaban J connectivity index is 1.81. The van der Waals surface area contributed by atoms with Crippen LogP contribution in [0.5, 0.6) is 0 Å². The summed E-state index contributed by atoms with van der Waals surface area (Å²) in [6.07, 6.45) is 0. The van der Waals surface area contributed by atoms with Crippen LogP contribution in [0.2, 0.25) is 0 Å². The molecule has 1 N–H and O–H groups in total. The van der Waals surface area contributed by atoms with Crippen molar-refractivity contribution in [2.24, 2.45) is 0 Å². The van der Waals surface area contributed by atoms with E-state index in [0.717, 1.165) is 0 Å². The van der Waals surface area contributed by atoms with Gasteiger partial charge in [0.05, 0.1) is 36.7 Å². The van der Waals surface area contributed by atoms with Crippen LogP contribution in [0.3, 0.4) is 0 Å². The molecule has 0 unspecified atom stereocenters. The van der Waals surface area contributed by atoms with Crippen molar-refractivity contribution in [2.75, 3.05) is 14.2 Å². The maximum Gasteiger partial charge on any atom is 0.336 e. The van der Waals surface area contributed by atoms with Crippen molar-refractivity contribution in [1.82, 2.24) is 5.32 Å². The zero-order valence-electron chi connectivity index (χ0n) is 18.7. The van der Waals surface area contributed by atoms with E-state index in [1.165, 1.54) is 20.3 Å². The first-order valence-electron chi connectivity index (χ1n) is 10.3. The Morgan fingerprint density at radius 1 is 0.879 bits per heavy atom. The Hall–Kier alpha value is -4.13. The number of dihydropyridines is 1. The highest BCUT2D eigenvalue weighted by Gasteiger charge is 2.37. The van der Waals surface area contributed by atoms with E-state index in [2.05, 4.69) is 5.32 Å². The highest BCUT2D eigenvalue weighted by atomic mass is 16.5.